The quantitative estimate of drug-likeness (QED) is 0.666. The second-order valence-electron chi connectivity index (χ2n) is 5.30. The summed E-state index contributed by atoms with van der Waals surface area (Å²) in [4.78, 5) is 2.73. The number of diazo groups is 1. The fraction of sp³-hybridized carbons (Fsp3) is 0.375. The Morgan fingerprint density at radius 1 is 1.45 bits per heavy atom. The normalized spacial score (nSPS) is 22.4. The summed E-state index contributed by atoms with van der Waals surface area (Å²) in [6.45, 7) is 3.95. The number of nitrogens with zero attached hydrogens (tertiary/aromatic N) is 2. The fourth-order valence-corrected chi connectivity index (χ4v) is 2.11. The van der Waals surface area contributed by atoms with Gasteiger partial charge in [-0.15, -0.1) is 0 Å². The zero-order chi connectivity index (χ0) is 16.0. The van der Waals surface area contributed by atoms with Crippen molar-refractivity contribution in [3.8, 4) is 0 Å². The minimum Gasteiger partial charge on any atom is -0.476 e. The molecule has 6 nitrogen and oxygen atoms in total. The molecule has 1 N–H and O–H groups in total. The average Bonchev–Trinajstić information content (AvgIpc) is 2.85. The van der Waals surface area contributed by atoms with Crippen LogP contribution in [0.2, 0.25) is 0 Å². The predicted octanol–water partition coefficient (Wildman–Crippen LogP) is 3.45. The number of benzene rings is 1. The Kier molecular flexibility index (Phi) is 5.15. The van der Waals surface area contributed by atoms with Gasteiger partial charge in [-0.25, -0.2) is 0 Å². The van der Waals surface area contributed by atoms with Crippen molar-refractivity contribution in [2.24, 2.45) is 0 Å². The molecular weight excluding hydrogens is 284 g/mol. The van der Waals surface area contributed by atoms with Crippen LogP contribution < -0.4 is 0 Å². The Bertz CT molecular complexity index is 590. The molecule has 2 atom stereocenters. The van der Waals surface area contributed by atoms with Crippen LogP contribution in [0.4, 0.5) is 0 Å². The van der Waals surface area contributed by atoms with E-state index in [1.165, 1.54) is 0 Å². The van der Waals surface area contributed by atoms with Crippen molar-refractivity contribution in [1.82, 2.24) is 0 Å². The predicted molar refractivity (Wildman–Crippen MR) is 81.0 cm³/mol. The maximum absolute atomic E-state index is 9.56. The van der Waals surface area contributed by atoms with Gasteiger partial charge in [0.15, 0.2) is 10.8 Å². The van der Waals surface area contributed by atoms with Gasteiger partial charge >= 0.3 is 12.1 Å². The van der Waals surface area contributed by atoms with E-state index in [-0.39, 0.29) is 6.10 Å². The van der Waals surface area contributed by atoms with E-state index in [1.54, 1.807) is 6.08 Å². The molecule has 1 aromatic rings. The van der Waals surface area contributed by atoms with Crippen LogP contribution in [0.15, 0.2) is 48.6 Å². The van der Waals surface area contributed by atoms with Crippen molar-refractivity contribution in [3.63, 3.8) is 0 Å². The van der Waals surface area contributed by atoms with E-state index in [2.05, 4.69) is 4.98 Å². The summed E-state index contributed by atoms with van der Waals surface area (Å²) in [7, 11) is 0. The average molecular weight is 303 g/mol. The summed E-state index contributed by atoms with van der Waals surface area (Å²) in [5, 5.41) is 18.0. The highest BCUT2D eigenvalue weighted by atomic mass is 16.8. The van der Waals surface area contributed by atoms with Gasteiger partial charge in [0.05, 0.1) is 6.61 Å². The van der Waals surface area contributed by atoms with Crippen LogP contribution in [0.25, 0.3) is 11.1 Å². The summed E-state index contributed by atoms with van der Waals surface area (Å²) < 4.78 is 16.6. The lowest BCUT2D eigenvalue weighted by molar-refractivity contribution is -0.151. The van der Waals surface area contributed by atoms with E-state index in [9.17, 15) is 5.11 Å². The maximum atomic E-state index is 9.56. The number of hydrogen-bond donors (Lipinski definition) is 1. The smallest absolute Gasteiger partial charge is 0.429 e. The molecule has 1 aliphatic heterocycles. The molecule has 0 saturated carbocycles. The van der Waals surface area contributed by atoms with Gasteiger partial charge in [-0.05, 0) is 25.5 Å². The molecule has 0 aliphatic carbocycles. The summed E-state index contributed by atoms with van der Waals surface area (Å²) in [5.74, 6) is -1.20. The third-order valence-corrected chi connectivity index (χ3v) is 3.10. The van der Waals surface area contributed by atoms with Gasteiger partial charge in [0.2, 0.25) is 5.39 Å². The van der Waals surface area contributed by atoms with Gasteiger partial charge < -0.3 is 19.3 Å². The Morgan fingerprint density at radius 2 is 2.18 bits per heavy atom. The minimum atomic E-state index is -0.701. The molecule has 116 valence electrons. The Hall–Kier alpha value is -2.36. The number of aliphatic hydroxyl groups excluding tert-OH is 1. The fourth-order valence-electron chi connectivity index (χ4n) is 2.11. The SMILES string of the molecule is CC1(C)OC[C@H]([C@H](/C=C\c2ccccc2)O/C(O)=C\[N+]#N)O1. The molecule has 1 heterocycles. The van der Waals surface area contributed by atoms with Crippen molar-refractivity contribution in [2.75, 3.05) is 6.61 Å². The molecule has 0 unspecified atom stereocenters. The number of ether oxygens (including phenoxy) is 3. The zero-order valence-electron chi connectivity index (χ0n) is 12.5. The van der Waals surface area contributed by atoms with E-state index in [0.29, 0.717) is 6.61 Å². The van der Waals surface area contributed by atoms with E-state index >= 15 is 0 Å². The van der Waals surface area contributed by atoms with E-state index in [4.69, 9.17) is 19.6 Å². The van der Waals surface area contributed by atoms with E-state index < -0.39 is 17.8 Å². The molecule has 1 fully saturated rings. The Balaban J connectivity index is 2.13. The molecule has 1 saturated heterocycles. The van der Waals surface area contributed by atoms with Gasteiger partial charge in [-0.1, -0.05) is 36.4 Å². The topological polar surface area (TPSA) is 76.1 Å². The van der Waals surface area contributed by atoms with Gasteiger partial charge in [0, 0.05) is 0 Å². The number of rotatable bonds is 5. The molecule has 0 bridgehead atoms. The van der Waals surface area contributed by atoms with Gasteiger partial charge in [-0.3, -0.25) is 0 Å². The molecule has 22 heavy (non-hydrogen) atoms. The summed E-state index contributed by atoms with van der Waals surface area (Å²) in [5.41, 5.74) is 0.990. The van der Waals surface area contributed by atoms with Crippen LogP contribution in [0, 0.1) is 5.39 Å². The molecule has 2 rings (SSSR count). The van der Waals surface area contributed by atoms with Crippen LogP contribution in [0.1, 0.15) is 19.4 Å². The van der Waals surface area contributed by atoms with Crippen LogP contribution in [-0.2, 0) is 14.2 Å². The highest BCUT2D eigenvalue weighted by molar-refractivity contribution is 5.49. The lowest BCUT2D eigenvalue weighted by atomic mass is 10.1. The zero-order valence-corrected chi connectivity index (χ0v) is 12.5. The van der Waals surface area contributed by atoms with Gasteiger partial charge in [-0.2, -0.15) is 0 Å². The Labute approximate surface area is 129 Å². The molecule has 0 spiro atoms. The van der Waals surface area contributed by atoms with Crippen molar-refractivity contribution in [1.29, 1.82) is 5.39 Å². The first-order valence-electron chi connectivity index (χ1n) is 6.95. The molecule has 0 amide bonds. The van der Waals surface area contributed by atoms with Crippen LogP contribution in [0.3, 0.4) is 0 Å². The molecule has 1 aliphatic rings. The number of aliphatic hydroxyl groups is 1. The standard InChI is InChI=1S/C16H18N2O4/c1-16(2)20-11-14(22-16)13(21-15(19)10-18-17)9-8-12-6-4-3-5-7-12/h3-10,13-14H,11H2,1-2H3/p+1/b9-8-,15-10-/t13-,14+/m0/s1. The van der Waals surface area contributed by atoms with Crippen molar-refractivity contribution in [3.05, 3.63) is 59.1 Å². The maximum Gasteiger partial charge on any atom is 0.429 e. The minimum absolute atomic E-state index is 0.334. The third-order valence-electron chi connectivity index (χ3n) is 3.10. The summed E-state index contributed by atoms with van der Waals surface area (Å²) >= 11 is 0. The second kappa shape index (κ2) is 7.07. The Morgan fingerprint density at radius 3 is 2.77 bits per heavy atom. The third kappa shape index (κ3) is 4.58. The van der Waals surface area contributed by atoms with Crippen molar-refractivity contribution in [2.45, 2.75) is 31.8 Å². The van der Waals surface area contributed by atoms with Crippen LogP contribution in [0.5, 0.6) is 0 Å². The largest absolute Gasteiger partial charge is 0.476 e. The van der Waals surface area contributed by atoms with Crippen LogP contribution in [-0.4, -0.2) is 29.7 Å². The molecule has 0 radical (unpaired) electrons. The number of hydrogen-bond acceptors (Lipinski definition) is 5. The molecular formula is C16H19N2O4+. The first-order chi connectivity index (χ1) is 10.5. The first-order valence-corrected chi connectivity index (χ1v) is 6.95. The lowest BCUT2D eigenvalue weighted by Gasteiger charge is -2.21. The lowest BCUT2D eigenvalue weighted by Crippen LogP contribution is -2.31. The van der Waals surface area contributed by atoms with Gasteiger partial charge in [0.1, 0.15) is 12.2 Å². The monoisotopic (exact) mass is 303 g/mol. The van der Waals surface area contributed by atoms with Crippen LogP contribution >= 0.6 is 0 Å². The highest BCUT2D eigenvalue weighted by Gasteiger charge is 2.38. The molecule has 6 heteroatoms. The van der Waals surface area contributed by atoms with E-state index in [0.717, 1.165) is 11.8 Å². The van der Waals surface area contributed by atoms with Crippen molar-refractivity contribution < 1.29 is 19.3 Å². The van der Waals surface area contributed by atoms with Gasteiger partial charge in [0.25, 0.3) is 0 Å². The van der Waals surface area contributed by atoms with E-state index in [1.807, 2.05) is 50.3 Å². The summed E-state index contributed by atoms with van der Waals surface area (Å²) in [6, 6.07) is 9.68. The molecule has 0 aromatic heterocycles. The van der Waals surface area contributed by atoms with Crippen molar-refractivity contribution >= 4 is 6.08 Å². The summed E-state index contributed by atoms with van der Waals surface area (Å²) in [6.07, 6.45) is 3.48. The second-order valence-corrected chi connectivity index (χ2v) is 5.30. The first kappa shape index (κ1) is 16.0. The highest BCUT2D eigenvalue weighted by Crippen LogP contribution is 2.27. The molecule has 1 aromatic carbocycles.